The average molecular weight is 434 g/mol. The zero-order valence-electron chi connectivity index (χ0n) is 1.75. The molecule has 0 aromatic heterocycles. The summed E-state index contributed by atoms with van der Waals surface area (Å²) in [7, 11) is 0. The topological polar surface area (TPSA) is 0 Å². The Morgan fingerprint density at radius 3 is 1.00 bits per heavy atom. The molecule has 0 unspecified atom stereocenters. The Hall–Kier alpha value is 3.40. The van der Waals surface area contributed by atoms with Crippen LogP contribution in [0.3, 0.4) is 0 Å². The molecule has 0 spiro atoms. The third-order valence-electron chi connectivity index (χ3n) is 0. The van der Waals surface area contributed by atoms with Crippen LogP contribution in [0.5, 0.6) is 0 Å². The molecule has 0 atom stereocenters. The van der Waals surface area contributed by atoms with Gasteiger partial charge in [-0.1, -0.05) is 0 Å². The van der Waals surface area contributed by atoms with Crippen LogP contribution in [0.1, 0.15) is 0 Å². The normalized spacial score (nSPS) is 9.00. The van der Waals surface area contributed by atoms with Crippen molar-refractivity contribution in [1.29, 1.82) is 0 Å². The Morgan fingerprint density at radius 1 is 1.00 bits per heavy atom. The molecule has 0 rings (SSSR count). The largest absolute Gasteiger partial charge is 0 e. The van der Waals surface area contributed by atoms with Crippen LogP contribution in [0.4, 0.5) is 0 Å². The summed E-state index contributed by atoms with van der Waals surface area (Å²) in [4.78, 5) is 0. The molecule has 42 valence electrons. The molecule has 0 heterocycles. The van der Waals surface area contributed by atoms with Crippen LogP contribution < -0.4 is 0 Å². The summed E-state index contributed by atoms with van der Waals surface area (Å²) in [6, 6.07) is 0. The Morgan fingerprint density at radius 2 is 1.00 bits per heavy atom. The third-order valence-corrected chi connectivity index (χ3v) is 0. The second kappa shape index (κ2) is 7.40. The first-order valence-corrected chi connectivity index (χ1v) is 7.61. The molecule has 0 bridgehead atoms. The van der Waals surface area contributed by atoms with Crippen LogP contribution in [0.25, 0.3) is 0 Å². The van der Waals surface area contributed by atoms with Crippen molar-refractivity contribution in [2.45, 2.75) is 0 Å². The molecule has 0 aromatic rings. The molecule has 0 aliphatic rings. The smallest absolute Gasteiger partial charge is 0 e. The summed E-state index contributed by atoms with van der Waals surface area (Å²) in [5, 5.41) is 0. The van der Waals surface area contributed by atoms with Crippen LogP contribution in [0, 0.1) is 65.6 Å². The zero-order chi connectivity index (χ0) is 3.58. The van der Waals surface area contributed by atoms with Gasteiger partial charge in [0, 0.05) is 38.2 Å². The Kier molecular flexibility index (Phi) is 16.6. The van der Waals surface area contributed by atoms with E-state index in [1.165, 1.54) is 0 Å². The fraction of sp³-hybridized carbons (Fsp3) is 0. The predicted molar refractivity (Wildman–Crippen MR) is 17.6 cm³/mol. The first kappa shape index (κ1) is 11.2. The summed E-state index contributed by atoms with van der Waals surface area (Å²) in [6.45, 7) is 0. The number of hydrogen-bond donors (Lipinski definition) is 0. The maximum atomic E-state index is 4.95. The van der Waals surface area contributed by atoms with E-state index in [9.17, 15) is 0 Å². The summed E-state index contributed by atoms with van der Waals surface area (Å²) >= 11 is -1.79. The van der Waals surface area contributed by atoms with Crippen LogP contribution in [-0.2, 0) is 0 Å². The van der Waals surface area contributed by atoms with Gasteiger partial charge in [-0.25, -0.2) is 0 Å². The average Bonchev–Trinajstić information content (AvgIpc) is 0.811. The van der Waals surface area contributed by atoms with Gasteiger partial charge in [-0.05, 0) is 0 Å². The molecule has 0 aromatic carbocycles. The van der Waals surface area contributed by atoms with Crippen molar-refractivity contribution in [2.24, 2.45) is 0 Å². The minimum atomic E-state index is -1.79. The number of hydrogen-bond acceptors (Lipinski definition) is 0. The molecule has 0 aliphatic heterocycles. The van der Waals surface area contributed by atoms with Crippen LogP contribution in [0.2, 0.25) is 0 Å². The molecule has 5 heavy (non-hydrogen) atoms. The minimum Gasteiger partial charge on any atom is 0 e. The van der Waals surface area contributed by atoms with E-state index in [-0.39, 0.29) is 38.2 Å². The van der Waals surface area contributed by atoms with Gasteiger partial charge in [0.25, 0.3) is 0 Å². The predicted octanol–water partition coefficient (Wildman–Crippen LogP) is 2.07. The first-order valence-electron chi connectivity index (χ1n) is 0.342. The van der Waals surface area contributed by atoms with E-state index in [2.05, 4.69) is 0 Å². The first-order chi connectivity index (χ1) is 1.73. The number of rotatable bonds is 0. The summed E-state index contributed by atoms with van der Waals surface area (Å²) in [6.07, 6.45) is 14.9. The van der Waals surface area contributed by atoms with Crippen molar-refractivity contribution >= 4 is 19.2 Å². The van der Waals surface area contributed by atoms with E-state index in [1.807, 2.05) is 0 Å². The van der Waals surface area contributed by atoms with Gasteiger partial charge in [-0.15, -0.1) is 0 Å². The SMILES string of the molecule is [Cl][Ho]([Cl])[Cl].[Dy]. The van der Waals surface area contributed by atoms with Gasteiger partial charge < -0.3 is 0 Å². The summed E-state index contributed by atoms with van der Waals surface area (Å²) < 4.78 is 0. The second-order valence-corrected chi connectivity index (χ2v) is 8.62. The van der Waals surface area contributed by atoms with Gasteiger partial charge in [0.05, 0.1) is 0 Å². The van der Waals surface area contributed by atoms with Crippen molar-refractivity contribution in [3.8, 4) is 0 Å². The van der Waals surface area contributed by atoms with Crippen molar-refractivity contribution in [2.75, 3.05) is 0 Å². The van der Waals surface area contributed by atoms with Crippen molar-refractivity contribution < 1.29 is 65.6 Å². The molecule has 0 saturated heterocycles. The molecule has 0 radical (unpaired) electrons. The Bertz CT molecular complexity index is 11.6. The van der Waals surface area contributed by atoms with Crippen LogP contribution in [-0.4, -0.2) is 0 Å². The second-order valence-electron chi connectivity index (χ2n) is 0.129. The van der Waals surface area contributed by atoms with Gasteiger partial charge in [0.15, 0.2) is 0 Å². The van der Waals surface area contributed by atoms with Gasteiger partial charge in [0.1, 0.15) is 0 Å². The molecular weight excluding hydrogens is 434 g/mol. The molecule has 0 N–H and O–H groups in total. The van der Waals surface area contributed by atoms with Crippen LogP contribution in [0.15, 0.2) is 0 Å². The number of halogens is 3. The molecule has 5 heteroatoms. The Balaban J connectivity index is 0. The summed E-state index contributed by atoms with van der Waals surface area (Å²) in [5.41, 5.74) is 0. The van der Waals surface area contributed by atoms with Crippen molar-refractivity contribution in [1.82, 2.24) is 0 Å². The Labute approximate surface area is 82.1 Å². The summed E-state index contributed by atoms with van der Waals surface area (Å²) in [5.74, 6) is 0. The third kappa shape index (κ3) is 18.7. The quantitative estimate of drug-likeness (QED) is 0.513. The van der Waals surface area contributed by atoms with Gasteiger partial charge in [-0.2, -0.15) is 0 Å². The van der Waals surface area contributed by atoms with E-state index in [1.54, 1.807) is 0 Å². The molecular formula is Cl3DyHo. The standard InChI is InChI=1S/3ClH.Dy.Ho/h3*1H;;/q;;;;+3/p-3. The fourth-order valence-corrected chi connectivity index (χ4v) is 0. The van der Waals surface area contributed by atoms with Gasteiger partial charge >= 0.3 is 46.6 Å². The molecule has 0 amide bonds. The maximum absolute atomic E-state index is 4.95. The van der Waals surface area contributed by atoms with E-state index in [0.29, 0.717) is 0 Å². The fourth-order valence-electron chi connectivity index (χ4n) is 0. The van der Waals surface area contributed by atoms with Crippen molar-refractivity contribution in [3.05, 3.63) is 0 Å². The maximum Gasteiger partial charge on any atom is 0 e. The van der Waals surface area contributed by atoms with E-state index in [0.717, 1.165) is 0 Å². The molecule has 0 aliphatic carbocycles. The van der Waals surface area contributed by atoms with E-state index in [4.69, 9.17) is 19.2 Å². The zero-order valence-corrected chi connectivity index (χ0v) is 7.98. The van der Waals surface area contributed by atoms with Crippen LogP contribution >= 0.6 is 19.2 Å². The molecule has 0 saturated carbocycles. The van der Waals surface area contributed by atoms with E-state index >= 15 is 0 Å². The monoisotopic (exact) mass is 434 g/mol. The molecule has 0 nitrogen and oxygen atoms in total. The molecule has 0 fully saturated rings. The van der Waals surface area contributed by atoms with E-state index < -0.39 is 27.4 Å². The minimum absolute atomic E-state index is 0. The van der Waals surface area contributed by atoms with Gasteiger partial charge in [-0.3, -0.25) is 0 Å². The van der Waals surface area contributed by atoms with Crippen molar-refractivity contribution in [3.63, 3.8) is 0 Å². The van der Waals surface area contributed by atoms with Gasteiger partial charge in [0.2, 0.25) is 0 Å².